The molecule has 0 amide bonds. The zero-order valence-electron chi connectivity index (χ0n) is 21.0. The number of nitrogens with one attached hydrogen (secondary N) is 1. The smallest absolute Gasteiger partial charge is 0.330 e. The van der Waals surface area contributed by atoms with E-state index in [4.69, 9.17) is 13.6 Å². The number of H-pyrrole nitrogens is 1. The average molecular weight is 495 g/mol. The van der Waals surface area contributed by atoms with E-state index >= 15 is 0 Å². The summed E-state index contributed by atoms with van der Waals surface area (Å²) >= 11 is 0. The van der Waals surface area contributed by atoms with Crippen LogP contribution in [0.5, 0.6) is 0 Å². The fourth-order valence-electron chi connectivity index (χ4n) is 6.16. The minimum Gasteiger partial charge on any atom is -0.414 e. The second kappa shape index (κ2) is 9.93. The lowest BCUT2D eigenvalue weighted by Crippen LogP contribution is -2.47. The van der Waals surface area contributed by atoms with Gasteiger partial charge in [-0.2, -0.15) is 0 Å². The first-order valence-corrected chi connectivity index (χ1v) is 17.7. The van der Waals surface area contributed by atoms with Crippen LogP contribution in [0.3, 0.4) is 0 Å². The normalized spacial score (nSPS) is 28.9. The molecule has 3 fully saturated rings. The number of ether oxygens (including phenoxy) is 1. The highest BCUT2D eigenvalue weighted by Gasteiger charge is 2.49. The van der Waals surface area contributed by atoms with E-state index in [1.165, 1.54) is 54.4 Å². The third kappa shape index (κ3) is 5.03. The summed E-state index contributed by atoms with van der Waals surface area (Å²) < 4.78 is 21.9. The summed E-state index contributed by atoms with van der Waals surface area (Å²) in [6.45, 7) is 11.5. The van der Waals surface area contributed by atoms with Crippen LogP contribution >= 0.6 is 0 Å². The minimum absolute atomic E-state index is 0.0686. The number of rotatable bonds is 8. The van der Waals surface area contributed by atoms with Gasteiger partial charge in [0.05, 0.1) is 12.7 Å². The summed E-state index contributed by atoms with van der Waals surface area (Å²) in [7, 11) is -3.61. The van der Waals surface area contributed by atoms with Crippen molar-refractivity contribution >= 4 is 16.6 Å². The molecule has 0 radical (unpaired) electrons. The average Bonchev–Trinajstić information content (AvgIpc) is 3.50. The van der Waals surface area contributed by atoms with Crippen molar-refractivity contribution in [3.63, 3.8) is 0 Å². The van der Waals surface area contributed by atoms with Crippen molar-refractivity contribution in [3.8, 4) is 0 Å². The second-order valence-corrected chi connectivity index (χ2v) is 20.3. The van der Waals surface area contributed by atoms with Crippen molar-refractivity contribution in [2.75, 3.05) is 6.61 Å². The molecular weight excluding hydrogens is 452 g/mol. The standard InChI is InChI=1S/C24H42N2O5Si2/c1-17(2)32(10-6-7-11-32)29-16-21-20(31-33(18(3)4)12-8-9-13-33)14-22(30-21)26-15-19(5)23(27)25-24(26)28/h15,17-18,20-22H,6-14,16H2,1-5H3,(H,25,27,28)/t20-,21+,22?/m1/s1. The topological polar surface area (TPSA) is 82.6 Å². The molecule has 0 bridgehead atoms. The zero-order valence-corrected chi connectivity index (χ0v) is 23.0. The summed E-state index contributed by atoms with van der Waals surface area (Å²) in [5.74, 6) is 0. The lowest BCUT2D eigenvalue weighted by atomic mass is 10.2. The molecule has 3 aliphatic heterocycles. The SMILES string of the molecule is Cc1cn(C2C[C@@H](O[Si]3(C(C)C)CCCC3)[C@H](CO[Si]3(C(C)C)CCCC3)O2)c(=O)[nH]c1=O. The fourth-order valence-corrected chi connectivity index (χ4v) is 14.8. The van der Waals surface area contributed by atoms with Crippen molar-refractivity contribution in [3.05, 3.63) is 32.6 Å². The quantitative estimate of drug-likeness (QED) is 0.523. The number of hydrogen-bond donors (Lipinski definition) is 1. The first-order chi connectivity index (χ1) is 15.7. The molecule has 3 atom stereocenters. The Kier molecular flexibility index (Phi) is 7.55. The van der Waals surface area contributed by atoms with Gasteiger partial charge in [0, 0.05) is 18.2 Å². The van der Waals surface area contributed by atoms with Gasteiger partial charge in [0.15, 0.2) is 16.6 Å². The van der Waals surface area contributed by atoms with Crippen molar-refractivity contribution in [1.82, 2.24) is 9.55 Å². The van der Waals surface area contributed by atoms with Crippen LogP contribution in [0.4, 0.5) is 0 Å². The predicted molar refractivity (Wildman–Crippen MR) is 135 cm³/mol. The molecule has 1 unspecified atom stereocenters. The van der Waals surface area contributed by atoms with Gasteiger partial charge in [-0.25, -0.2) is 4.79 Å². The number of nitrogens with zero attached hydrogens (tertiary/aromatic N) is 1. The molecule has 9 heteroatoms. The van der Waals surface area contributed by atoms with E-state index in [9.17, 15) is 9.59 Å². The van der Waals surface area contributed by atoms with E-state index in [1.54, 1.807) is 13.1 Å². The summed E-state index contributed by atoms with van der Waals surface area (Å²) in [6.07, 6.45) is 6.61. The molecule has 4 heterocycles. The number of aryl methyl sites for hydroxylation is 1. The molecule has 4 rings (SSSR count). The Morgan fingerprint density at radius 1 is 1.03 bits per heavy atom. The third-order valence-electron chi connectivity index (χ3n) is 8.56. The maximum absolute atomic E-state index is 12.6. The van der Waals surface area contributed by atoms with Crippen LogP contribution in [0, 0.1) is 6.92 Å². The molecule has 1 N–H and O–H groups in total. The van der Waals surface area contributed by atoms with E-state index in [0.29, 0.717) is 29.7 Å². The van der Waals surface area contributed by atoms with Crippen LogP contribution in [-0.4, -0.2) is 45.0 Å². The number of aromatic amines is 1. The van der Waals surface area contributed by atoms with Gasteiger partial charge in [0.25, 0.3) is 5.56 Å². The molecule has 1 aromatic rings. The van der Waals surface area contributed by atoms with Crippen LogP contribution in [0.25, 0.3) is 0 Å². The van der Waals surface area contributed by atoms with E-state index in [0.717, 1.165) is 0 Å². The minimum atomic E-state index is -1.85. The van der Waals surface area contributed by atoms with E-state index in [1.807, 2.05) is 0 Å². The Balaban J connectivity index is 1.58. The fraction of sp³-hybridized carbons (Fsp3) is 0.833. The van der Waals surface area contributed by atoms with Gasteiger partial charge in [0.2, 0.25) is 0 Å². The predicted octanol–water partition coefficient (Wildman–Crippen LogP) is 4.83. The summed E-state index contributed by atoms with van der Waals surface area (Å²) in [6, 6.07) is 4.88. The van der Waals surface area contributed by atoms with Crippen LogP contribution < -0.4 is 11.2 Å². The third-order valence-corrected chi connectivity index (χ3v) is 19.1. The molecular formula is C24H42N2O5Si2. The Bertz CT molecular complexity index is 932. The van der Waals surface area contributed by atoms with Gasteiger partial charge in [-0.05, 0) is 42.2 Å². The second-order valence-electron chi connectivity index (χ2n) is 11.2. The number of hydrogen-bond acceptors (Lipinski definition) is 5. The highest BCUT2D eigenvalue weighted by Crippen LogP contribution is 2.44. The Hall–Kier alpha value is -1.01. The Morgan fingerprint density at radius 3 is 2.18 bits per heavy atom. The molecule has 1 aromatic heterocycles. The lowest BCUT2D eigenvalue weighted by Gasteiger charge is -2.37. The van der Waals surface area contributed by atoms with Crippen molar-refractivity contribution in [1.29, 1.82) is 0 Å². The molecule has 7 nitrogen and oxygen atoms in total. The first kappa shape index (κ1) is 25.1. The zero-order chi connectivity index (χ0) is 23.8. The summed E-state index contributed by atoms with van der Waals surface area (Å²) in [4.78, 5) is 26.9. The largest absolute Gasteiger partial charge is 0.414 e. The number of aromatic nitrogens is 2. The molecule has 0 aromatic carbocycles. The monoisotopic (exact) mass is 494 g/mol. The molecule has 3 aliphatic rings. The van der Waals surface area contributed by atoms with Gasteiger partial charge in [-0.1, -0.05) is 53.4 Å². The maximum atomic E-state index is 12.6. The molecule has 33 heavy (non-hydrogen) atoms. The van der Waals surface area contributed by atoms with Gasteiger partial charge in [-0.15, -0.1) is 0 Å². The van der Waals surface area contributed by atoms with Gasteiger partial charge in [0.1, 0.15) is 12.3 Å². The first-order valence-electron chi connectivity index (χ1n) is 13.0. The van der Waals surface area contributed by atoms with Gasteiger partial charge >= 0.3 is 5.69 Å². The van der Waals surface area contributed by atoms with E-state index in [-0.39, 0.29) is 17.8 Å². The highest BCUT2D eigenvalue weighted by molar-refractivity contribution is 6.76. The van der Waals surface area contributed by atoms with Crippen molar-refractivity contribution in [2.24, 2.45) is 0 Å². The Labute approximate surface area is 199 Å². The van der Waals surface area contributed by atoms with Crippen LogP contribution in [-0.2, 0) is 13.6 Å². The lowest BCUT2D eigenvalue weighted by molar-refractivity contribution is -0.0410. The molecule has 186 valence electrons. The van der Waals surface area contributed by atoms with Crippen molar-refractivity contribution in [2.45, 2.75) is 120 Å². The van der Waals surface area contributed by atoms with Crippen molar-refractivity contribution < 1.29 is 13.6 Å². The molecule has 0 saturated carbocycles. The summed E-state index contributed by atoms with van der Waals surface area (Å²) in [5, 5.41) is 0. The van der Waals surface area contributed by atoms with E-state index < -0.39 is 28.6 Å². The van der Waals surface area contributed by atoms with E-state index in [2.05, 4.69) is 32.7 Å². The van der Waals surface area contributed by atoms with Crippen LogP contribution in [0.15, 0.2) is 15.8 Å². The maximum Gasteiger partial charge on any atom is 0.330 e. The molecule has 0 spiro atoms. The van der Waals surface area contributed by atoms with Crippen LogP contribution in [0.2, 0.25) is 35.3 Å². The molecule has 3 saturated heterocycles. The summed E-state index contributed by atoms with van der Waals surface area (Å²) in [5.41, 5.74) is 0.898. The van der Waals surface area contributed by atoms with Gasteiger partial charge < -0.3 is 13.6 Å². The molecule has 0 aliphatic carbocycles. The van der Waals surface area contributed by atoms with Gasteiger partial charge in [-0.3, -0.25) is 14.3 Å². The Morgan fingerprint density at radius 2 is 1.61 bits per heavy atom. The van der Waals surface area contributed by atoms with Crippen LogP contribution in [0.1, 0.15) is 71.6 Å². The highest BCUT2D eigenvalue weighted by atomic mass is 28.4.